The van der Waals surface area contributed by atoms with Gasteiger partial charge in [-0.05, 0) is 121 Å². The lowest BCUT2D eigenvalue weighted by Gasteiger charge is -2.18. The molecule has 26 heteroatoms. The van der Waals surface area contributed by atoms with E-state index in [2.05, 4.69) is 61.5 Å². The van der Waals surface area contributed by atoms with E-state index in [4.69, 9.17) is 48.1 Å². The lowest BCUT2D eigenvalue weighted by atomic mass is 10.0. The number of thioether (sulfide) groups is 1. The summed E-state index contributed by atoms with van der Waals surface area (Å²) in [5, 5.41) is 19.6. The van der Waals surface area contributed by atoms with Gasteiger partial charge in [-0.25, -0.2) is 16.8 Å². The van der Waals surface area contributed by atoms with Gasteiger partial charge in [0.25, 0.3) is 5.91 Å². The lowest BCUT2D eigenvalue weighted by Crippen LogP contribution is -2.29. The maximum absolute atomic E-state index is 11.6. The number of fused-ring (bicyclic) bond motifs is 9. The van der Waals surface area contributed by atoms with Crippen LogP contribution < -0.4 is 60.9 Å². The Hall–Kier alpha value is -10.6. The smallest absolute Gasteiger partial charge is 0.262 e. The first kappa shape index (κ1) is 104. The highest BCUT2D eigenvalue weighted by Gasteiger charge is 2.29. The molecule has 117 heavy (non-hydrogen) atoms. The quantitative estimate of drug-likeness (QED) is 0.0695. The van der Waals surface area contributed by atoms with Gasteiger partial charge in [-0.2, -0.15) is 0 Å². The van der Waals surface area contributed by atoms with Crippen LogP contribution in [-0.2, 0) is 62.9 Å². The molecule has 5 amide bonds. The zero-order valence-electron chi connectivity index (χ0n) is 71.0. The van der Waals surface area contributed by atoms with E-state index in [1.54, 1.807) is 54.2 Å². The molecule has 0 spiro atoms. The van der Waals surface area contributed by atoms with Crippen molar-refractivity contribution in [2.45, 2.75) is 171 Å². The van der Waals surface area contributed by atoms with E-state index < -0.39 is 31.3 Å². The van der Waals surface area contributed by atoms with E-state index in [0.717, 1.165) is 80.6 Å². The molecule has 9 aliphatic rings. The summed E-state index contributed by atoms with van der Waals surface area (Å²) in [4.78, 5) is 57.5. The number of hydrogen-bond donors (Lipinski definition) is 7. The number of para-hydroxylation sites is 12. The molecule has 0 unspecified atom stereocenters. The second-order valence-corrected chi connectivity index (χ2v) is 28.0. The summed E-state index contributed by atoms with van der Waals surface area (Å²) in [5.41, 5.74) is 9.57. The predicted octanol–water partition coefficient (Wildman–Crippen LogP) is 21.6. The Bertz CT molecular complexity index is 4290. The molecule has 0 saturated carbocycles. The number of thiocarbonyl (C=S) groups is 2. The molecule has 0 aliphatic carbocycles. The van der Waals surface area contributed by atoms with Crippen LogP contribution in [0.2, 0.25) is 0 Å². The first-order valence-corrected chi connectivity index (χ1v) is 45.1. The average molecular weight is 1700 g/mol. The Morgan fingerprint density at radius 1 is 0.291 bits per heavy atom. The number of benzene rings is 9. The van der Waals surface area contributed by atoms with E-state index in [9.17, 15) is 40.8 Å². The van der Waals surface area contributed by atoms with Crippen LogP contribution in [0.3, 0.4) is 0 Å². The number of nitrogens with one attached hydrogen (secondary N) is 7. The Morgan fingerprint density at radius 3 is 1.08 bits per heavy atom. The molecule has 9 aliphatic heterocycles. The van der Waals surface area contributed by atoms with Crippen molar-refractivity contribution in [3.05, 3.63) is 235 Å². The Kier molecular flexibility index (Phi) is 54.3. The zero-order chi connectivity index (χ0) is 87.6. The minimum absolute atomic E-state index is 0.0840. The highest BCUT2D eigenvalue weighted by molar-refractivity contribution is 8.00. The van der Waals surface area contributed by atoms with Crippen molar-refractivity contribution in [1.82, 2.24) is 0 Å². The van der Waals surface area contributed by atoms with Crippen molar-refractivity contribution < 1.29 is 64.5 Å². The Balaban J connectivity index is 0.000000643. The molecule has 0 aromatic heterocycles. The molecule has 9 aromatic rings. The number of carbonyl (C=O) groups excluding carboxylic acids is 5. The normalized spacial score (nSPS) is 14.0. The molecule has 0 saturated heterocycles. The first-order valence-electron chi connectivity index (χ1n) is 40.0. The van der Waals surface area contributed by atoms with Crippen molar-refractivity contribution in [2.24, 2.45) is 0 Å². The summed E-state index contributed by atoms with van der Waals surface area (Å²) < 4.78 is 71.8. The fourth-order valence-electron chi connectivity index (χ4n) is 10.2. The fourth-order valence-corrected chi connectivity index (χ4v) is 14.5. The van der Waals surface area contributed by atoms with Gasteiger partial charge in [0.15, 0.2) is 49.3 Å². The van der Waals surface area contributed by atoms with Crippen LogP contribution >= 0.6 is 36.2 Å². The van der Waals surface area contributed by atoms with Gasteiger partial charge in [-0.1, -0.05) is 276 Å². The molecule has 21 nitrogen and oxygen atoms in total. The summed E-state index contributed by atoms with van der Waals surface area (Å²) in [6, 6.07) is 67.7. The Morgan fingerprint density at radius 2 is 0.615 bits per heavy atom. The number of amides is 5. The van der Waals surface area contributed by atoms with E-state index in [0.29, 0.717) is 59.9 Å². The van der Waals surface area contributed by atoms with Gasteiger partial charge in [-0.3, -0.25) is 24.0 Å². The van der Waals surface area contributed by atoms with Crippen molar-refractivity contribution in [1.29, 1.82) is 0 Å². The molecule has 9 aromatic carbocycles. The van der Waals surface area contributed by atoms with Gasteiger partial charge in [0.1, 0.15) is 30.5 Å². The molecule has 634 valence electrons. The van der Waals surface area contributed by atoms with Gasteiger partial charge in [-0.15, -0.1) is 11.8 Å². The third kappa shape index (κ3) is 36.6. The lowest BCUT2D eigenvalue weighted by molar-refractivity contribution is -0.119. The maximum Gasteiger partial charge on any atom is 0.262 e. The summed E-state index contributed by atoms with van der Waals surface area (Å²) in [6.45, 7) is 37.8. The van der Waals surface area contributed by atoms with E-state index in [1.165, 1.54) is 28.4 Å². The molecular formula is C91H121N7O14S5. The molecule has 0 atom stereocenters. The largest absolute Gasteiger partial charge is 0.486 e. The highest BCUT2D eigenvalue weighted by atomic mass is 32.2. The monoisotopic (exact) mass is 1700 g/mol. The summed E-state index contributed by atoms with van der Waals surface area (Å²) in [7, 11) is -6.60. The fraction of sp³-hybridized carbons (Fsp3) is 0.330. The number of hydrogen-bond acceptors (Lipinski definition) is 17. The van der Waals surface area contributed by atoms with Crippen LogP contribution in [0.25, 0.3) is 0 Å². The van der Waals surface area contributed by atoms with Gasteiger partial charge >= 0.3 is 0 Å². The standard InChI is InChI=1S/2C9H9NO.C8H7NO3S.C8H7NO2S2.C8H7NO2.C8H7NOS.C8H7NS.C8H8O2.C7H6O2.9C2H6/c2*11-9-6-5-7-3-1-2-4-8(7)10-9;10-8-5-13(11,12)7-4-2-1-3-6(7)9-8;10-13(11)5-8(12)9-6-3-1-2-4-7(6)13;2*10-8-5-11-7-4-2-1-3-6(7)9-8;10-8-5-6-3-1-2-4-7(6)9-8;1-2-4-8-7(3-1)9-5-6-10-8;1-2-4-7-6(3-1)8-5-9-7;9*1-2/h2*1-4H,5-6H2,(H,10,11);1-4H,5H2,(H,9,10);1-4H,5H2,(H,9,12);2*1-4H,5H2,(H,9,10);1-4H,5H2,(H,9,10);1-4H,5-6H2;1-4H,5H2;9*1-2H3. The van der Waals surface area contributed by atoms with Gasteiger partial charge in [0, 0.05) is 41.2 Å². The second-order valence-electron chi connectivity index (χ2n) is 22.1. The van der Waals surface area contributed by atoms with E-state index in [1.807, 2.05) is 270 Å². The van der Waals surface area contributed by atoms with Crippen LogP contribution in [0.4, 0.5) is 39.8 Å². The van der Waals surface area contributed by atoms with Gasteiger partial charge in [0.05, 0.1) is 48.3 Å². The maximum atomic E-state index is 11.6. The van der Waals surface area contributed by atoms with Gasteiger partial charge in [0.2, 0.25) is 30.4 Å². The topological polar surface area (TPSA) is 284 Å². The molecule has 9 heterocycles. The number of carbonyl (C=O) groups is 5. The molecule has 18 rings (SSSR count). The average Bonchev–Trinajstić information content (AvgIpc) is 1.67. The highest BCUT2D eigenvalue weighted by Crippen LogP contribution is 2.34. The number of rotatable bonds is 0. The molecule has 0 radical (unpaired) electrons. The van der Waals surface area contributed by atoms with Crippen LogP contribution in [0.1, 0.15) is 154 Å². The first-order chi connectivity index (χ1) is 56.9. The minimum Gasteiger partial charge on any atom is -0.486 e. The van der Waals surface area contributed by atoms with Crippen LogP contribution in [0.15, 0.2) is 233 Å². The minimum atomic E-state index is -3.40. The van der Waals surface area contributed by atoms with Gasteiger partial charge < -0.3 is 60.9 Å². The molecular weight excluding hydrogens is 1580 g/mol. The van der Waals surface area contributed by atoms with Crippen LogP contribution in [0.5, 0.6) is 28.7 Å². The second kappa shape index (κ2) is 60.8. The summed E-state index contributed by atoms with van der Waals surface area (Å²) in [5.74, 6) is 3.92. The molecule has 7 N–H and O–H groups in total. The number of anilines is 7. The van der Waals surface area contributed by atoms with E-state index >= 15 is 0 Å². The summed E-state index contributed by atoms with van der Waals surface area (Å²) >= 11 is 11.4. The predicted molar refractivity (Wildman–Crippen MR) is 493 cm³/mol. The number of ether oxygens (including phenoxy) is 5. The molecule has 0 fully saturated rings. The number of sulfone groups is 2. The van der Waals surface area contributed by atoms with Crippen LogP contribution in [0, 0.1) is 0 Å². The third-order valence-corrected chi connectivity index (χ3v) is 20.0. The van der Waals surface area contributed by atoms with E-state index in [-0.39, 0.29) is 40.9 Å². The Labute approximate surface area is 711 Å². The van der Waals surface area contributed by atoms with Crippen molar-refractivity contribution in [3.63, 3.8) is 0 Å². The third-order valence-electron chi connectivity index (χ3n) is 14.9. The van der Waals surface area contributed by atoms with Crippen molar-refractivity contribution in [2.75, 3.05) is 81.1 Å². The van der Waals surface area contributed by atoms with Crippen LogP contribution in [-0.4, -0.2) is 100 Å². The summed E-state index contributed by atoms with van der Waals surface area (Å²) in [6.07, 6.45) is 3.91. The number of aryl methyl sites for hydroxylation is 2. The molecule has 0 bridgehead atoms. The van der Waals surface area contributed by atoms with Crippen molar-refractivity contribution in [3.8, 4) is 28.7 Å². The SMILES string of the molecule is CC.CC.CC.CC.CC.CC.CC.CC.CC.O=C1CCc2ccccc2N1.O=C1CCc2ccccc2N1.O=C1COc2ccccc2N1.O=C1CS(=O)(=O)c2ccccc2N1.O=C1CSc2ccccc2N1.O=S1(=O)CC(=S)Nc2ccccc21.S=C1Cc2ccccc2N1.c1ccc2c(c1)OCCO2.c1ccc2c(c1)OCO2. The van der Waals surface area contributed by atoms with Crippen molar-refractivity contribution >= 4 is 135 Å². The zero-order valence-corrected chi connectivity index (χ0v) is 75.1.